The van der Waals surface area contributed by atoms with Gasteiger partial charge in [0, 0.05) is 5.56 Å². The number of hydrazine groups is 1. The Bertz CT molecular complexity index is 383. The molecule has 1 amide bonds. The fourth-order valence-corrected chi connectivity index (χ4v) is 1.30. The van der Waals surface area contributed by atoms with E-state index >= 15 is 0 Å². The molecule has 0 spiro atoms. The molecule has 0 aromatic heterocycles. The lowest BCUT2D eigenvalue weighted by Gasteiger charge is -2.31. The molecule has 4 heteroatoms. The molecule has 1 aromatic rings. The van der Waals surface area contributed by atoms with Gasteiger partial charge in [0.15, 0.2) is 0 Å². The molecule has 0 heterocycles. The van der Waals surface area contributed by atoms with Gasteiger partial charge in [0.25, 0.3) is 5.91 Å². The maximum atomic E-state index is 12.1. The van der Waals surface area contributed by atoms with Crippen molar-refractivity contribution < 1.29 is 9.90 Å². The van der Waals surface area contributed by atoms with E-state index in [9.17, 15) is 4.79 Å². The van der Waals surface area contributed by atoms with E-state index in [2.05, 4.69) is 0 Å². The Kier molecular flexibility index (Phi) is 3.67. The molecule has 0 unspecified atom stereocenters. The van der Waals surface area contributed by atoms with Gasteiger partial charge in [0.05, 0.1) is 12.1 Å². The first-order valence-electron chi connectivity index (χ1n) is 5.16. The number of rotatable bonds is 2. The Hall–Kier alpha value is -1.39. The van der Waals surface area contributed by atoms with Crippen LogP contribution in [0.5, 0.6) is 0 Å². The Balaban J connectivity index is 3.05. The zero-order valence-corrected chi connectivity index (χ0v) is 9.90. The van der Waals surface area contributed by atoms with Crippen LogP contribution in [0.25, 0.3) is 0 Å². The first kappa shape index (κ1) is 12.7. The van der Waals surface area contributed by atoms with Gasteiger partial charge in [-0.1, -0.05) is 18.2 Å². The molecule has 4 nitrogen and oxygen atoms in total. The summed E-state index contributed by atoms with van der Waals surface area (Å²) in [4.78, 5) is 12.1. The van der Waals surface area contributed by atoms with E-state index in [1.807, 2.05) is 20.8 Å². The largest absolute Gasteiger partial charge is 0.392 e. The van der Waals surface area contributed by atoms with Gasteiger partial charge in [-0.05, 0) is 32.4 Å². The number of hydrogen-bond acceptors (Lipinski definition) is 3. The fourth-order valence-electron chi connectivity index (χ4n) is 1.30. The lowest BCUT2D eigenvalue weighted by molar-refractivity contribution is 0.0578. The molecule has 0 atom stereocenters. The molecule has 1 aromatic carbocycles. The van der Waals surface area contributed by atoms with Crippen molar-refractivity contribution in [3.8, 4) is 0 Å². The van der Waals surface area contributed by atoms with E-state index in [-0.39, 0.29) is 12.5 Å². The molecule has 0 bridgehead atoms. The van der Waals surface area contributed by atoms with Crippen molar-refractivity contribution in [3.63, 3.8) is 0 Å². The van der Waals surface area contributed by atoms with Crippen LogP contribution in [0.1, 0.15) is 36.7 Å². The zero-order chi connectivity index (χ0) is 12.3. The van der Waals surface area contributed by atoms with Gasteiger partial charge < -0.3 is 5.11 Å². The molecule has 0 aliphatic carbocycles. The van der Waals surface area contributed by atoms with E-state index in [0.29, 0.717) is 11.1 Å². The molecule has 0 saturated heterocycles. The minimum Gasteiger partial charge on any atom is -0.392 e. The molecule has 0 saturated carbocycles. The highest BCUT2D eigenvalue weighted by Gasteiger charge is 2.25. The highest BCUT2D eigenvalue weighted by atomic mass is 16.3. The number of hydrogen-bond donors (Lipinski definition) is 2. The summed E-state index contributed by atoms with van der Waals surface area (Å²) in [6.45, 7) is 5.39. The number of benzene rings is 1. The van der Waals surface area contributed by atoms with Gasteiger partial charge in [-0.15, -0.1) is 0 Å². The minimum atomic E-state index is -0.445. The molecular weight excluding hydrogens is 204 g/mol. The molecule has 16 heavy (non-hydrogen) atoms. The number of aliphatic hydroxyl groups is 1. The smallest absolute Gasteiger partial charge is 0.268 e. The average molecular weight is 222 g/mol. The molecule has 3 N–H and O–H groups in total. The van der Waals surface area contributed by atoms with Crippen molar-refractivity contribution in [1.82, 2.24) is 5.01 Å². The summed E-state index contributed by atoms with van der Waals surface area (Å²) in [5.41, 5.74) is 0.592. The lowest BCUT2D eigenvalue weighted by atomic mass is 10.0. The molecule has 0 aliphatic heterocycles. The highest BCUT2D eigenvalue weighted by Crippen LogP contribution is 2.16. The molecule has 1 rings (SSSR count). The van der Waals surface area contributed by atoms with E-state index < -0.39 is 5.54 Å². The monoisotopic (exact) mass is 222 g/mol. The topological polar surface area (TPSA) is 66.6 Å². The first-order valence-corrected chi connectivity index (χ1v) is 5.16. The molecule has 0 radical (unpaired) electrons. The third kappa shape index (κ3) is 2.59. The van der Waals surface area contributed by atoms with E-state index in [1.165, 1.54) is 5.01 Å². The second kappa shape index (κ2) is 4.63. The van der Waals surface area contributed by atoms with Crippen LogP contribution in [0, 0.1) is 0 Å². The molecule has 88 valence electrons. The van der Waals surface area contributed by atoms with Crippen LogP contribution in [0.15, 0.2) is 24.3 Å². The Morgan fingerprint density at radius 3 is 2.44 bits per heavy atom. The Morgan fingerprint density at radius 2 is 1.94 bits per heavy atom. The van der Waals surface area contributed by atoms with Crippen molar-refractivity contribution in [2.75, 3.05) is 0 Å². The summed E-state index contributed by atoms with van der Waals surface area (Å²) in [6.07, 6.45) is 0. The van der Waals surface area contributed by atoms with Crippen molar-refractivity contribution in [1.29, 1.82) is 0 Å². The summed E-state index contributed by atoms with van der Waals surface area (Å²) in [5, 5.41) is 10.3. The lowest BCUT2D eigenvalue weighted by Crippen LogP contribution is -2.50. The summed E-state index contributed by atoms with van der Waals surface area (Å²) in [6, 6.07) is 6.91. The summed E-state index contributed by atoms with van der Waals surface area (Å²) >= 11 is 0. The Labute approximate surface area is 95.6 Å². The minimum absolute atomic E-state index is 0.167. The summed E-state index contributed by atoms with van der Waals surface area (Å²) < 4.78 is 0. The predicted octanol–water partition coefficient (Wildman–Crippen LogP) is 1.29. The van der Waals surface area contributed by atoms with E-state index in [1.54, 1.807) is 24.3 Å². The Morgan fingerprint density at radius 1 is 1.38 bits per heavy atom. The molecule has 0 aliphatic rings. The summed E-state index contributed by atoms with van der Waals surface area (Å²) in [7, 11) is 0. The van der Waals surface area contributed by atoms with Gasteiger partial charge in [-0.3, -0.25) is 9.80 Å². The maximum absolute atomic E-state index is 12.1. The van der Waals surface area contributed by atoms with Crippen LogP contribution in [0.4, 0.5) is 0 Å². The average Bonchev–Trinajstić information content (AvgIpc) is 2.25. The van der Waals surface area contributed by atoms with Crippen LogP contribution in [0.3, 0.4) is 0 Å². The van der Waals surface area contributed by atoms with Crippen molar-refractivity contribution in [2.24, 2.45) is 5.84 Å². The van der Waals surface area contributed by atoms with Crippen molar-refractivity contribution in [2.45, 2.75) is 32.9 Å². The third-order valence-electron chi connectivity index (χ3n) is 2.36. The predicted molar refractivity (Wildman–Crippen MR) is 62.5 cm³/mol. The van der Waals surface area contributed by atoms with Gasteiger partial charge in [0.1, 0.15) is 0 Å². The highest BCUT2D eigenvalue weighted by molar-refractivity contribution is 5.95. The van der Waals surface area contributed by atoms with Crippen LogP contribution in [-0.4, -0.2) is 21.6 Å². The van der Waals surface area contributed by atoms with Crippen molar-refractivity contribution >= 4 is 5.91 Å². The summed E-state index contributed by atoms with van der Waals surface area (Å²) in [5.74, 6) is 5.47. The van der Waals surface area contributed by atoms with Crippen molar-refractivity contribution in [3.05, 3.63) is 35.4 Å². The fraction of sp³-hybridized carbons (Fsp3) is 0.417. The van der Waals surface area contributed by atoms with E-state index in [4.69, 9.17) is 10.9 Å². The number of nitrogens with two attached hydrogens (primary N) is 1. The van der Waals surface area contributed by atoms with Crippen LogP contribution in [-0.2, 0) is 6.61 Å². The quantitative estimate of drug-likeness (QED) is 0.450. The number of nitrogens with zero attached hydrogens (tertiary/aromatic N) is 1. The number of carbonyl (C=O) groups is 1. The van der Waals surface area contributed by atoms with Gasteiger partial charge in [0.2, 0.25) is 0 Å². The third-order valence-corrected chi connectivity index (χ3v) is 2.36. The van der Waals surface area contributed by atoms with Crippen LogP contribution < -0.4 is 5.84 Å². The second-order valence-electron chi connectivity index (χ2n) is 4.66. The normalized spacial score (nSPS) is 11.3. The van der Waals surface area contributed by atoms with Gasteiger partial charge >= 0.3 is 0 Å². The van der Waals surface area contributed by atoms with Crippen LogP contribution in [0.2, 0.25) is 0 Å². The van der Waals surface area contributed by atoms with Crippen LogP contribution >= 0.6 is 0 Å². The first-order chi connectivity index (χ1) is 7.38. The maximum Gasteiger partial charge on any atom is 0.268 e. The number of carbonyl (C=O) groups excluding carboxylic acids is 1. The molecule has 0 fully saturated rings. The number of amides is 1. The SMILES string of the molecule is CC(C)(C)N(N)C(=O)c1ccccc1CO. The second-order valence-corrected chi connectivity index (χ2v) is 4.66. The number of aliphatic hydroxyl groups excluding tert-OH is 1. The zero-order valence-electron chi connectivity index (χ0n) is 9.90. The van der Waals surface area contributed by atoms with E-state index in [0.717, 1.165) is 0 Å². The molecular formula is C12H18N2O2. The van der Waals surface area contributed by atoms with Gasteiger partial charge in [-0.2, -0.15) is 0 Å². The van der Waals surface area contributed by atoms with Gasteiger partial charge in [-0.25, -0.2) is 5.84 Å². The standard InChI is InChI=1S/C12H18N2O2/c1-12(2,3)14(13)11(16)10-7-5-4-6-9(10)8-15/h4-7,15H,8,13H2,1-3H3.